The van der Waals surface area contributed by atoms with Gasteiger partial charge < -0.3 is 0 Å². The summed E-state index contributed by atoms with van der Waals surface area (Å²) in [7, 11) is -2.19. The summed E-state index contributed by atoms with van der Waals surface area (Å²) >= 11 is 0. The second-order valence-electron chi connectivity index (χ2n) is 3.39. The largest absolute Gasteiger partial charge is 0.358 e. The van der Waals surface area contributed by atoms with E-state index in [1.807, 2.05) is 0 Å². The van der Waals surface area contributed by atoms with Crippen molar-refractivity contribution in [2.45, 2.75) is 4.90 Å². The standard InChI is InChI=1S/C10H10N4O3S/c1-14-8-9(12-13-14)7-11-17-18(15,16)10-5-3-2-4-6-10/h2-8H,1H3/b11-7+. The van der Waals surface area contributed by atoms with E-state index >= 15 is 0 Å². The van der Waals surface area contributed by atoms with E-state index < -0.39 is 10.1 Å². The highest BCUT2D eigenvalue weighted by Crippen LogP contribution is 2.11. The van der Waals surface area contributed by atoms with E-state index in [-0.39, 0.29) is 4.90 Å². The van der Waals surface area contributed by atoms with Gasteiger partial charge >= 0.3 is 10.1 Å². The first-order valence-electron chi connectivity index (χ1n) is 4.96. The third-order valence-corrected chi connectivity index (χ3v) is 3.11. The molecule has 0 aliphatic carbocycles. The van der Waals surface area contributed by atoms with Gasteiger partial charge in [0.15, 0.2) is 0 Å². The Kier molecular flexibility index (Phi) is 3.38. The van der Waals surface area contributed by atoms with Crippen LogP contribution in [-0.2, 0) is 21.4 Å². The number of hydrogen-bond donors (Lipinski definition) is 0. The highest BCUT2D eigenvalue weighted by molar-refractivity contribution is 7.86. The van der Waals surface area contributed by atoms with Gasteiger partial charge in [-0.15, -0.1) is 5.10 Å². The molecule has 0 saturated carbocycles. The Morgan fingerprint density at radius 1 is 1.33 bits per heavy atom. The van der Waals surface area contributed by atoms with E-state index in [2.05, 4.69) is 19.8 Å². The van der Waals surface area contributed by atoms with Gasteiger partial charge in [-0.1, -0.05) is 28.6 Å². The molecule has 0 aliphatic heterocycles. The Morgan fingerprint density at radius 2 is 2.06 bits per heavy atom. The molecule has 0 fully saturated rings. The van der Waals surface area contributed by atoms with Crippen LogP contribution in [0.2, 0.25) is 0 Å². The molecule has 8 heteroatoms. The molecule has 0 radical (unpaired) electrons. The lowest BCUT2D eigenvalue weighted by atomic mass is 10.4. The third-order valence-electron chi connectivity index (χ3n) is 1.98. The highest BCUT2D eigenvalue weighted by atomic mass is 32.2. The predicted molar refractivity (Wildman–Crippen MR) is 63.3 cm³/mol. The van der Waals surface area contributed by atoms with Gasteiger partial charge in [0.25, 0.3) is 0 Å². The second kappa shape index (κ2) is 4.96. The Balaban J connectivity index is 2.08. The Morgan fingerprint density at radius 3 is 2.67 bits per heavy atom. The summed E-state index contributed by atoms with van der Waals surface area (Å²) in [6, 6.07) is 7.76. The molecule has 7 nitrogen and oxygen atoms in total. The van der Waals surface area contributed by atoms with Crippen molar-refractivity contribution in [2.75, 3.05) is 0 Å². The average Bonchev–Trinajstić information content (AvgIpc) is 2.76. The molecule has 0 spiro atoms. The molecule has 0 amide bonds. The molecule has 0 bridgehead atoms. The van der Waals surface area contributed by atoms with Gasteiger partial charge in [0.2, 0.25) is 0 Å². The summed E-state index contributed by atoms with van der Waals surface area (Å²) in [4.78, 5) is 0.0429. The maximum atomic E-state index is 11.7. The van der Waals surface area contributed by atoms with E-state index in [4.69, 9.17) is 0 Å². The van der Waals surface area contributed by atoms with Gasteiger partial charge in [-0.2, -0.15) is 8.42 Å². The SMILES string of the molecule is Cn1cc(/C=N/OS(=O)(=O)c2ccccc2)nn1. The first-order valence-corrected chi connectivity index (χ1v) is 6.37. The van der Waals surface area contributed by atoms with Crippen molar-refractivity contribution in [3.05, 3.63) is 42.2 Å². The fourth-order valence-electron chi connectivity index (χ4n) is 1.19. The number of hydrogen-bond acceptors (Lipinski definition) is 6. The Labute approximate surface area is 104 Å². The topological polar surface area (TPSA) is 86.4 Å². The van der Waals surface area contributed by atoms with Crippen molar-refractivity contribution in [3.8, 4) is 0 Å². The van der Waals surface area contributed by atoms with E-state index in [0.29, 0.717) is 5.69 Å². The van der Waals surface area contributed by atoms with Crippen molar-refractivity contribution < 1.29 is 12.7 Å². The number of benzene rings is 1. The second-order valence-corrected chi connectivity index (χ2v) is 4.92. The molecule has 0 saturated heterocycles. The first kappa shape index (κ1) is 12.2. The summed E-state index contributed by atoms with van der Waals surface area (Å²) in [6.07, 6.45) is 2.75. The minimum Gasteiger partial charge on any atom is -0.265 e. The van der Waals surface area contributed by atoms with Gasteiger partial charge in [-0.25, -0.2) is 0 Å². The Hall–Kier alpha value is -2.22. The molecule has 0 atom stereocenters. The van der Waals surface area contributed by atoms with Crippen LogP contribution in [0, 0.1) is 0 Å². The van der Waals surface area contributed by atoms with Crippen LogP contribution in [0.1, 0.15) is 5.69 Å². The summed E-state index contributed by atoms with van der Waals surface area (Å²) in [5.74, 6) is 0. The maximum Gasteiger partial charge on any atom is 0.358 e. The predicted octanol–water partition coefficient (Wildman–Crippen LogP) is 0.555. The molecule has 0 N–H and O–H groups in total. The first-order chi connectivity index (χ1) is 8.58. The number of nitrogens with zero attached hydrogens (tertiary/aromatic N) is 4. The van der Waals surface area contributed by atoms with Crippen molar-refractivity contribution in [3.63, 3.8) is 0 Å². The third kappa shape index (κ3) is 2.92. The number of rotatable bonds is 4. The monoisotopic (exact) mass is 266 g/mol. The van der Waals surface area contributed by atoms with Crippen LogP contribution in [0.4, 0.5) is 0 Å². The molecule has 94 valence electrons. The normalized spacial score (nSPS) is 11.8. The van der Waals surface area contributed by atoms with Crippen LogP contribution >= 0.6 is 0 Å². The highest BCUT2D eigenvalue weighted by Gasteiger charge is 2.14. The minimum atomic E-state index is -3.88. The number of oxime groups is 1. The maximum absolute atomic E-state index is 11.7. The molecule has 0 aliphatic rings. The van der Waals surface area contributed by atoms with E-state index in [1.165, 1.54) is 23.0 Å². The number of aromatic nitrogens is 3. The molecule has 18 heavy (non-hydrogen) atoms. The zero-order chi connectivity index (χ0) is 13.0. The van der Waals surface area contributed by atoms with Crippen molar-refractivity contribution in [2.24, 2.45) is 12.2 Å². The number of aryl methyl sites for hydroxylation is 1. The van der Waals surface area contributed by atoms with Crippen LogP contribution in [0.15, 0.2) is 46.6 Å². The Bertz CT molecular complexity index is 649. The summed E-state index contributed by atoms with van der Waals surface area (Å²) in [5, 5.41) is 10.7. The van der Waals surface area contributed by atoms with Gasteiger partial charge in [0, 0.05) is 7.05 Å². The van der Waals surface area contributed by atoms with Crippen LogP contribution in [0.3, 0.4) is 0 Å². The van der Waals surface area contributed by atoms with E-state index in [1.54, 1.807) is 31.4 Å². The minimum absolute atomic E-state index is 0.0429. The van der Waals surface area contributed by atoms with Gasteiger partial charge in [0.1, 0.15) is 10.6 Å². The lowest BCUT2D eigenvalue weighted by Gasteiger charge is -1.99. The van der Waals surface area contributed by atoms with Gasteiger partial charge in [-0.3, -0.25) is 8.97 Å². The van der Waals surface area contributed by atoms with Crippen LogP contribution < -0.4 is 0 Å². The van der Waals surface area contributed by atoms with Crippen molar-refractivity contribution in [1.82, 2.24) is 15.0 Å². The fourth-order valence-corrected chi connectivity index (χ4v) is 1.92. The van der Waals surface area contributed by atoms with Crippen LogP contribution in [0.25, 0.3) is 0 Å². The zero-order valence-corrected chi connectivity index (χ0v) is 10.3. The quantitative estimate of drug-likeness (QED) is 0.596. The molecule has 2 rings (SSSR count). The van der Waals surface area contributed by atoms with Gasteiger partial charge in [0.05, 0.1) is 12.4 Å². The molecule has 1 aromatic carbocycles. The van der Waals surface area contributed by atoms with Crippen molar-refractivity contribution >= 4 is 16.3 Å². The van der Waals surface area contributed by atoms with Crippen LogP contribution in [-0.4, -0.2) is 29.6 Å². The molecule has 2 aromatic rings. The smallest absolute Gasteiger partial charge is 0.265 e. The van der Waals surface area contributed by atoms with Crippen LogP contribution in [0.5, 0.6) is 0 Å². The zero-order valence-electron chi connectivity index (χ0n) is 9.46. The fraction of sp³-hybridized carbons (Fsp3) is 0.100. The lowest BCUT2D eigenvalue weighted by Crippen LogP contribution is -2.02. The van der Waals surface area contributed by atoms with Gasteiger partial charge in [-0.05, 0) is 12.1 Å². The summed E-state index contributed by atoms with van der Waals surface area (Å²) < 4.78 is 29.3. The molecular formula is C10H10N4O3S. The average molecular weight is 266 g/mol. The lowest BCUT2D eigenvalue weighted by molar-refractivity contribution is 0.341. The van der Waals surface area contributed by atoms with E-state index in [9.17, 15) is 8.42 Å². The summed E-state index contributed by atoms with van der Waals surface area (Å²) in [5.41, 5.74) is 0.403. The molecule has 0 unspecified atom stereocenters. The molecular weight excluding hydrogens is 256 g/mol. The summed E-state index contributed by atoms with van der Waals surface area (Å²) in [6.45, 7) is 0. The molecule has 1 aromatic heterocycles. The molecule has 1 heterocycles. The van der Waals surface area contributed by atoms with E-state index in [0.717, 1.165) is 0 Å². The van der Waals surface area contributed by atoms with Crippen molar-refractivity contribution in [1.29, 1.82) is 0 Å².